The molecule has 2 fully saturated rings. The number of nitrogens with two attached hydrogens (primary N) is 1. The fourth-order valence-electron chi connectivity index (χ4n) is 4.75. The van der Waals surface area contributed by atoms with Gasteiger partial charge in [0.05, 0.1) is 23.8 Å². The number of piperazine rings is 1. The Kier molecular flexibility index (Phi) is 8.80. The van der Waals surface area contributed by atoms with Gasteiger partial charge in [0.15, 0.2) is 0 Å². The molecule has 11 heteroatoms. The van der Waals surface area contributed by atoms with Crippen LogP contribution in [0.5, 0.6) is 11.6 Å². The summed E-state index contributed by atoms with van der Waals surface area (Å²) in [7, 11) is 3.71. The van der Waals surface area contributed by atoms with Crippen LogP contribution >= 0.6 is 11.6 Å². The first-order valence-electron chi connectivity index (χ1n) is 13.3. The maximum atomic E-state index is 13.1. The van der Waals surface area contributed by atoms with E-state index >= 15 is 0 Å². The van der Waals surface area contributed by atoms with Crippen molar-refractivity contribution in [3.05, 3.63) is 69.7 Å². The van der Waals surface area contributed by atoms with Crippen LogP contribution in [0.3, 0.4) is 0 Å². The van der Waals surface area contributed by atoms with Crippen LogP contribution in [0.2, 0.25) is 5.02 Å². The van der Waals surface area contributed by atoms with Crippen molar-refractivity contribution in [3.63, 3.8) is 0 Å². The number of halogens is 1. The van der Waals surface area contributed by atoms with E-state index in [-0.39, 0.29) is 11.9 Å². The largest absolute Gasteiger partial charge is 0.588 e. The number of anilines is 2. The van der Waals surface area contributed by atoms with Crippen molar-refractivity contribution in [1.29, 1.82) is 0 Å². The van der Waals surface area contributed by atoms with Crippen LogP contribution in [-0.2, 0) is 11.4 Å². The number of nitrogens with zero attached hydrogens (tertiary/aromatic N) is 5. The Hall–Kier alpha value is -3.31. The van der Waals surface area contributed by atoms with Gasteiger partial charge in [-0.15, -0.1) is 0 Å². The molecule has 1 atom stereocenters. The number of allylic oxidation sites excluding steroid dienone is 1. The van der Waals surface area contributed by atoms with Crippen LogP contribution in [0.1, 0.15) is 29.9 Å². The van der Waals surface area contributed by atoms with Gasteiger partial charge < -0.3 is 24.8 Å². The fraction of sp³-hybridized carbons (Fsp3) is 0.345. The molecule has 1 saturated carbocycles. The van der Waals surface area contributed by atoms with Gasteiger partial charge >= 0.3 is 0 Å². The molecule has 0 spiro atoms. The van der Waals surface area contributed by atoms with Gasteiger partial charge in [0, 0.05) is 44.4 Å². The van der Waals surface area contributed by atoms with Crippen LogP contribution in [0.15, 0.2) is 58.6 Å². The highest BCUT2D eigenvalue weighted by molar-refractivity contribution is 7.97. The standard InChI is InChI=1S/C29H34ClN7O2S/c1-19-7-4-5-8-22(19)27-25(20-11-12-20)28(34-29(33-27)35-40(38)21(17-31)18-32-2)39-24-10-6-9-23(26(24)30)37-15-13-36(3)14-16-37/h4-10,17-18,20H,11-16,31H2,1-3H3,(H,33,34,35). The third-order valence-corrected chi connectivity index (χ3v) is 8.53. The number of rotatable bonds is 9. The average Bonchev–Trinajstić information content (AvgIpc) is 3.79. The minimum atomic E-state index is -1.73. The Morgan fingerprint density at radius 1 is 1.15 bits per heavy atom. The second-order valence-corrected chi connectivity index (χ2v) is 11.6. The molecule has 3 N–H and O–H groups in total. The lowest BCUT2D eigenvalue weighted by molar-refractivity contribution is 0.313. The van der Waals surface area contributed by atoms with E-state index in [2.05, 4.69) is 26.6 Å². The molecule has 40 heavy (non-hydrogen) atoms. The number of aryl methyl sites for hydroxylation is 1. The lowest BCUT2D eigenvalue weighted by atomic mass is 9.99. The number of aromatic nitrogens is 2. The first-order valence-corrected chi connectivity index (χ1v) is 14.8. The van der Waals surface area contributed by atoms with Crippen LogP contribution < -0.4 is 20.1 Å². The first kappa shape index (κ1) is 28.2. The molecule has 1 aliphatic carbocycles. The zero-order valence-electron chi connectivity index (χ0n) is 22.9. The summed E-state index contributed by atoms with van der Waals surface area (Å²) >= 11 is 5.22. The van der Waals surface area contributed by atoms with E-state index in [1.165, 1.54) is 12.4 Å². The second kappa shape index (κ2) is 12.5. The van der Waals surface area contributed by atoms with Crippen molar-refractivity contribution < 1.29 is 9.29 Å². The Bertz CT molecular complexity index is 1420. The summed E-state index contributed by atoms with van der Waals surface area (Å²) in [5.74, 6) is 1.33. The Morgan fingerprint density at radius 3 is 2.58 bits per heavy atom. The van der Waals surface area contributed by atoms with Gasteiger partial charge in [0.1, 0.15) is 22.1 Å². The predicted molar refractivity (Wildman–Crippen MR) is 164 cm³/mol. The van der Waals surface area contributed by atoms with Crippen molar-refractivity contribution in [3.8, 4) is 22.9 Å². The second-order valence-electron chi connectivity index (χ2n) is 10.0. The molecular formula is C29H34ClN7O2S. The van der Waals surface area contributed by atoms with Crippen molar-refractivity contribution >= 4 is 40.8 Å². The summed E-state index contributed by atoms with van der Waals surface area (Å²) < 4.78 is 22.5. The van der Waals surface area contributed by atoms with E-state index < -0.39 is 11.4 Å². The van der Waals surface area contributed by atoms with E-state index in [0.717, 1.165) is 67.1 Å². The summed E-state index contributed by atoms with van der Waals surface area (Å²) in [6.07, 6.45) is 4.71. The van der Waals surface area contributed by atoms with E-state index in [4.69, 9.17) is 32.0 Å². The molecule has 0 radical (unpaired) electrons. The van der Waals surface area contributed by atoms with Gasteiger partial charge in [0.25, 0.3) is 5.95 Å². The van der Waals surface area contributed by atoms with Crippen LogP contribution in [0.4, 0.5) is 11.6 Å². The summed E-state index contributed by atoms with van der Waals surface area (Å²) in [6, 6.07) is 13.9. The molecule has 0 bridgehead atoms. The van der Waals surface area contributed by atoms with Crippen molar-refractivity contribution in [2.45, 2.75) is 25.7 Å². The Labute approximate surface area is 243 Å². The van der Waals surface area contributed by atoms with Gasteiger partial charge in [-0.2, -0.15) is 9.71 Å². The fourth-order valence-corrected chi connectivity index (χ4v) is 5.74. The zero-order valence-corrected chi connectivity index (χ0v) is 24.5. The van der Waals surface area contributed by atoms with Gasteiger partial charge in [-0.1, -0.05) is 41.9 Å². The van der Waals surface area contributed by atoms with Crippen LogP contribution in [0.25, 0.3) is 11.3 Å². The smallest absolute Gasteiger partial charge is 0.269 e. The molecule has 1 aliphatic heterocycles. The monoisotopic (exact) mass is 579 g/mol. The highest BCUT2D eigenvalue weighted by Gasteiger charge is 2.34. The lowest BCUT2D eigenvalue weighted by Gasteiger charge is -2.34. The molecule has 1 saturated heterocycles. The van der Waals surface area contributed by atoms with Crippen LogP contribution in [-0.4, -0.2) is 65.9 Å². The molecule has 1 unspecified atom stereocenters. The molecule has 9 nitrogen and oxygen atoms in total. The van der Waals surface area contributed by atoms with E-state index in [9.17, 15) is 4.55 Å². The van der Waals surface area contributed by atoms with E-state index in [1.807, 2.05) is 49.4 Å². The number of likely N-dealkylation sites (N-methyl/N-ethyl adjacent to an activating group) is 1. The number of nitrogens with one attached hydrogen (secondary N) is 1. The normalized spacial score (nSPS) is 17.3. The minimum absolute atomic E-state index is 0.159. The zero-order chi connectivity index (χ0) is 28.2. The molecule has 2 aromatic carbocycles. The molecule has 0 amide bonds. The van der Waals surface area contributed by atoms with Crippen molar-refractivity contribution in [1.82, 2.24) is 14.9 Å². The molecule has 2 heterocycles. The highest BCUT2D eigenvalue weighted by atomic mass is 35.5. The maximum absolute atomic E-state index is 13.1. The van der Waals surface area contributed by atoms with Gasteiger partial charge in [0.2, 0.25) is 10.8 Å². The lowest BCUT2D eigenvalue weighted by Crippen LogP contribution is -2.44. The predicted octanol–water partition coefficient (Wildman–Crippen LogP) is 5.10. The molecule has 5 rings (SSSR count). The SMILES string of the molecule is CN=CC(=CN)[S+]([O-])Nc1nc(Oc2cccc(N3CCN(C)CC3)c2Cl)c(C2CC2)c(-c2ccccc2C)n1. The highest BCUT2D eigenvalue weighted by Crippen LogP contribution is 2.50. The number of aliphatic imine (C=N–C) groups is 1. The summed E-state index contributed by atoms with van der Waals surface area (Å²) in [5, 5.41) is 0.537. The topological polar surface area (TPSA) is 115 Å². The first-order chi connectivity index (χ1) is 19.4. The molecule has 1 aromatic heterocycles. The van der Waals surface area contributed by atoms with E-state index in [0.29, 0.717) is 21.6 Å². The number of hydrogen-bond donors (Lipinski definition) is 2. The number of benzene rings is 2. The summed E-state index contributed by atoms with van der Waals surface area (Å²) in [5.41, 5.74) is 10.3. The Morgan fingerprint density at radius 2 is 1.90 bits per heavy atom. The average molecular weight is 580 g/mol. The molecular weight excluding hydrogens is 546 g/mol. The number of ether oxygens (including phenoxy) is 1. The molecule has 2 aliphatic rings. The van der Waals surface area contributed by atoms with Gasteiger partial charge in [-0.3, -0.25) is 4.99 Å². The van der Waals surface area contributed by atoms with Gasteiger partial charge in [-0.05, 0) is 50.4 Å². The van der Waals surface area contributed by atoms with Crippen molar-refractivity contribution in [2.24, 2.45) is 10.7 Å². The molecule has 210 valence electrons. The van der Waals surface area contributed by atoms with Gasteiger partial charge in [-0.25, -0.2) is 4.98 Å². The van der Waals surface area contributed by atoms with E-state index in [1.54, 1.807) is 7.05 Å². The molecule has 3 aromatic rings. The van der Waals surface area contributed by atoms with Crippen molar-refractivity contribution in [2.75, 3.05) is 49.9 Å². The summed E-state index contributed by atoms with van der Waals surface area (Å²) in [4.78, 5) is 18.4. The Balaban J connectivity index is 1.58. The summed E-state index contributed by atoms with van der Waals surface area (Å²) in [6.45, 7) is 5.75. The number of hydrogen-bond acceptors (Lipinski definition) is 9. The third-order valence-electron chi connectivity index (χ3n) is 7.11. The third kappa shape index (κ3) is 6.20. The maximum Gasteiger partial charge on any atom is 0.269 e. The quantitative estimate of drug-likeness (QED) is 0.266. The van der Waals surface area contributed by atoms with Crippen LogP contribution in [0, 0.1) is 6.92 Å². The minimum Gasteiger partial charge on any atom is -0.588 e.